The molecule has 15 heavy (non-hydrogen) atoms. The van der Waals surface area contributed by atoms with E-state index in [0.29, 0.717) is 5.56 Å². The van der Waals surface area contributed by atoms with E-state index in [1.165, 1.54) is 6.07 Å². The van der Waals surface area contributed by atoms with Crippen molar-refractivity contribution in [2.45, 2.75) is 19.8 Å². The Kier molecular flexibility index (Phi) is 5.18. The Hall–Kier alpha value is -1.20. The van der Waals surface area contributed by atoms with Crippen LogP contribution in [0.25, 0.3) is 0 Å². The Labute approximate surface area is 82.5 Å². The molecule has 0 unspecified atom stereocenters. The van der Waals surface area contributed by atoms with Crippen LogP contribution in [0, 0.1) is 6.92 Å². The van der Waals surface area contributed by atoms with Gasteiger partial charge in [-0.1, -0.05) is 23.8 Å². The standard InChI is InChI=1S/C8H7F3.CHF3/c1-6-3-2-4-7(5-6)8(9,10)11;2-1(3)4/h2-5H,1H3;1H. The molecule has 0 fully saturated rings. The highest BCUT2D eigenvalue weighted by atomic mass is 19.4. The van der Waals surface area contributed by atoms with Gasteiger partial charge >= 0.3 is 12.9 Å². The average molecular weight is 230 g/mol. The van der Waals surface area contributed by atoms with Crippen molar-refractivity contribution in [3.8, 4) is 0 Å². The second kappa shape index (κ2) is 5.63. The van der Waals surface area contributed by atoms with Gasteiger partial charge in [0.25, 0.3) is 0 Å². The molecule has 0 saturated carbocycles. The van der Waals surface area contributed by atoms with Gasteiger partial charge in [-0.15, -0.1) is 0 Å². The number of halogens is 6. The van der Waals surface area contributed by atoms with Crippen molar-refractivity contribution in [1.29, 1.82) is 0 Å². The van der Waals surface area contributed by atoms with Gasteiger partial charge in [-0.2, -0.15) is 26.3 Å². The van der Waals surface area contributed by atoms with Gasteiger partial charge in [0, 0.05) is 0 Å². The first kappa shape index (κ1) is 13.8. The largest absolute Gasteiger partial charge is 0.416 e. The molecule has 0 nitrogen and oxygen atoms in total. The van der Waals surface area contributed by atoms with E-state index >= 15 is 0 Å². The molecule has 0 bridgehead atoms. The molecule has 0 radical (unpaired) electrons. The maximum absolute atomic E-state index is 12.0. The molecule has 1 aromatic carbocycles. The Morgan fingerprint density at radius 1 is 1.07 bits per heavy atom. The van der Waals surface area contributed by atoms with E-state index in [9.17, 15) is 26.3 Å². The van der Waals surface area contributed by atoms with Crippen molar-refractivity contribution in [2.24, 2.45) is 0 Å². The van der Waals surface area contributed by atoms with Crippen molar-refractivity contribution in [1.82, 2.24) is 0 Å². The van der Waals surface area contributed by atoms with Crippen LogP contribution in [0.1, 0.15) is 11.1 Å². The normalized spacial score (nSPS) is 10.9. The Morgan fingerprint density at radius 3 is 1.80 bits per heavy atom. The first-order valence-electron chi connectivity index (χ1n) is 3.79. The SMILES string of the molecule is Cc1cccc(C(F)(F)F)c1.FC(F)F. The summed E-state index contributed by atoms with van der Waals surface area (Å²) >= 11 is 0. The lowest BCUT2D eigenvalue weighted by Gasteiger charge is -2.05. The van der Waals surface area contributed by atoms with Crippen LogP contribution >= 0.6 is 0 Å². The van der Waals surface area contributed by atoms with E-state index in [1.54, 1.807) is 13.0 Å². The number of alkyl halides is 6. The predicted molar refractivity (Wildman–Crippen MR) is 43.3 cm³/mol. The Morgan fingerprint density at radius 2 is 1.53 bits per heavy atom. The molecule has 86 valence electrons. The lowest BCUT2D eigenvalue weighted by molar-refractivity contribution is -0.137. The van der Waals surface area contributed by atoms with Crippen molar-refractivity contribution < 1.29 is 26.3 Å². The lowest BCUT2D eigenvalue weighted by Crippen LogP contribution is -2.04. The van der Waals surface area contributed by atoms with Crippen molar-refractivity contribution in [3.63, 3.8) is 0 Å². The molecule has 0 spiro atoms. The summed E-state index contributed by atoms with van der Waals surface area (Å²) < 4.78 is 64.9. The van der Waals surface area contributed by atoms with E-state index in [4.69, 9.17) is 0 Å². The van der Waals surface area contributed by atoms with Crippen molar-refractivity contribution in [2.75, 3.05) is 0 Å². The summed E-state index contributed by atoms with van der Waals surface area (Å²) in [5.41, 5.74) is 0.0392. The van der Waals surface area contributed by atoms with Gasteiger partial charge in [0.05, 0.1) is 5.56 Å². The molecule has 0 heterocycles. The second-order valence-corrected chi connectivity index (χ2v) is 2.61. The third kappa shape index (κ3) is 6.82. The van der Waals surface area contributed by atoms with Gasteiger partial charge in [-0.3, -0.25) is 0 Å². The highest BCUT2D eigenvalue weighted by Gasteiger charge is 2.29. The molecular formula is C9H8F6. The minimum absolute atomic E-state index is 0.586. The number of rotatable bonds is 0. The van der Waals surface area contributed by atoms with Gasteiger partial charge in [-0.05, 0) is 13.0 Å². The van der Waals surface area contributed by atoms with E-state index in [1.807, 2.05) is 0 Å². The smallest absolute Gasteiger partial charge is 0.174 e. The van der Waals surface area contributed by atoms with Crippen molar-refractivity contribution in [3.05, 3.63) is 35.4 Å². The van der Waals surface area contributed by atoms with Gasteiger partial charge in [0.15, 0.2) is 0 Å². The van der Waals surface area contributed by atoms with E-state index in [2.05, 4.69) is 0 Å². The maximum atomic E-state index is 12.0. The molecule has 1 rings (SSSR count). The first-order chi connectivity index (χ1) is 6.73. The first-order valence-corrected chi connectivity index (χ1v) is 3.79. The van der Waals surface area contributed by atoms with Crippen LogP contribution in [-0.4, -0.2) is 6.68 Å². The zero-order valence-corrected chi connectivity index (χ0v) is 7.65. The number of aryl methyl sites for hydroxylation is 1. The van der Waals surface area contributed by atoms with Gasteiger partial charge in [0.1, 0.15) is 0 Å². The summed E-state index contributed by atoms with van der Waals surface area (Å²) in [6.07, 6.45) is -4.22. The topological polar surface area (TPSA) is 0 Å². The fraction of sp³-hybridized carbons (Fsp3) is 0.333. The maximum Gasteiger partial charge on any atom is 0.416 e. The van der Waals surface area contributed by atoms with E-state index in [-0.39, 0.29) is 0 Å². The number of hydrogen-bond donors (Lipinski definition) is 0. The molecule has 0 aromatic heterocycles. The average Bonchev–Trinajstić information content (AvgIpc) is 2.01. The molecule has 0 aliphatic rings. The van der Waals surface area contributed by atoms with Crippen LogP contribution < -0.4 is 0 Å². The summed E-state index contributed by atoms with van der Waals surface area (Å²) in [4.78, 5) is 0. The quantitative estimate of drug-likeness (QED) is 0.586. The van der Waals surface area contributed by atoms with E-state index < -0.39 is 18.4 Å². The summed E-state index contributed by atoms with van der Waals surface area (Å²) in [6.45, 7) is -2.03. The van der Waals surface area contributed by atoms with Crippen LogP contribution in [0.5, 0.6) is 0 Å². The van der Waals surface area contributed by atoms with Crippen LogP contribution in [-0.2, 0) is 6.18 Å². The number of benzene rings is 1. The van der Waals surface area contributed by atoms with Gasteiger partial charge < -0.3 is 0 Å². The summed E-state index contributed by atoms with van der Waals surface area (Å²) in [5.74, 6) is 0. The number of hydrogen-bond acceptors (Lipinski definition) is 0. The van der Waals surface area contributed by atoms with Crippen molar-refractivity contribution >= 4 is 0 Å². The monoisotopic (exact) mass is 230 g/mol. The summed E-state index contributed by atoms with van der Waals surface area (Å²) in [5, 5.41) is 0. The molecule has 0 N–H and O–H groups in total. The van der Waals surface area contributed by atoms with Crippen LogP contribution in [0.2, 0.25) is 0 Å². The minimum Gasteiger partial charge on any atom is -0.174 e. The van der Waals surface area contributed by atoms with E-state index in [0.717, 1.165) is 12.1 Å². The third-order valence-corrected chi connectivity index (χ3v) is 1.35. The molecule has 0 saturated heterocycles. The summed E-state index contributed by atoms with van der Waals surface area (Å²) in [6, 6.07) is 5.22. The fourth-order valence-electron chi connectivity index (χ4n) is 0.821. The third-order valence-electron chi connectivity index (χ3n) is 1.35. The van der Waals surface area contributed by atoms with Gasteiger partial charge in [-0.25, -0.2) is 0 Å². The zero-order chi connectivity index (χ0) is 12.1. The highest BCUT2D eigenvalue weighted by Crippen LogP contribution is 2.29. The Balaban J connectivity index is 0.000000423. The molecule has 6 heteroatoms. The van der Waals surface area contributed by atoms with Crippen LogP contribution in [0.3, 0.4) is 0 Å². The molecule has 0 atom stereocenters. The molecule has 1 aromatic rings. The Bertz CT molecular complexity index is 288. The van der Waals surface area contributed by atoms with Crippen LogP contribution in [0.4, 0.5) is 26.3 Å². The zero-order valence-electron chi connectivity index (χ0n) is 7.65. The molecule has 0 amide bonds. The second-order valence-electron chi connectivity index (χ2n) is 2.61. The molecular weight excluding hydrogens is 222 g/mol. The molecule has 0 aliphatic carbocycles. The lowest BCUT2D eigenvalue weighted by atomic mass is 10.1. The van der Waals surface area contributed by atoms with Crippen LogP contribution in [0.15, 0.2) is 24.3 Å². The fourth-order valence-corrected chi connectivity index (χ4v) is 0.821. The minimum atomic E-state index is -4.22. The highest BCUT2D eigenvalue weighted by molar-refractivity contribution is 5.24. The molecule has 0 aliphatic heterocycles. The predicted octanol–water partition coefficient (Wildman–Crippen LogP) is 4.19. The van der Waals surface area contributed by atoms with Gasteiger partial charge in [0.2, 0.25) is 0 Å². The summed E-state index contributed by atoms with van der Waals surface area (Å²) in [7, 11) is 0.